The molecule has 0 aliphatic carbocycles. The van der Waals surface area contributed by atoms with E-state index in [0.29, 0.717) is 19.4 Å². The van der Waals surface area contributed by atoms with Gasteiger partial charge >= 0.3 is 5.97 Å². The number of carbonyl (C=O) groups is 3. The maximum Gasteiger partial charge on any atom is 0.310 e. The number of hydrogen-bond donors (Lipinski definition) is 0. The van der Waals surface area contributed by atoms with E-state index in [4.69, 9.17) is 4.74 Å². The Bertz CT molecular complexity index is 905. The number of nitrogens with zero attached hydrogens (tertiary/aromatic N) is 1. The molecule has 156 valence electrons. The zero-order chi connectivity index (χ0) is 21.5. The van der Waals surface area contributed by atoms with Crippen LogP contribution >= 0.6 is 0 Å². The second kappa shape index (κ2) is 10.0. The molecule has 0 spiro atoms. The Morgan fingerprint density at radius 3 is 2.43 bits per heavy atom. The Hall–Kier alpha value is -3.21. The van der Waals surface area contributed by atoms with E-state index in [2.05, 4.69) is 6.58 Å². The van der Waals surface area contributed by atoms with Crippen molar-refractivity contribution in [3.63, 3.8) is 0 Å². The Labute approximate surface area is 177 Å². The van der Waals surface area contributed by atoms with Crippen molar-refractivity contribution in [3.05, 3.63) is 72.8 Å². The summed E-state index contributed by atoms with van der Waals surface area (Å²) in [5, 5.41) is 0. The molecule has 2 aromatic rings. The fourth-order valence-electron chi connectivity index (χ4n) is 3.50. The average molecular weight is 405 g/mol. The third kappa shape index (κ3) is 5.23. The average Bonchev–Trinajstić information content (AvgIpc) is 2.74. The van der Waals surface area contributed by atoms with E-state index in [9.17, 15) is 14.4 Å². The molecule has 5 heteroatoms. The number of carbonyl (C=O) groups excluding carboxylic acids is 3. The van der Waals surface area contributed by atoms with Gasteiger partial charge in [0.2, 0.25) is 11.8 Å². The van der Waals surface area contributed by atoms with Gasteiger partial charge in [-0.25, -0.2) is 0 Å². The highest BCUT2D eigenvalue weighted by Gasteiger charge is 2.44. The van der Waals surface area contributed by atoms with E-state index in [1.54, 1.807) is 13.0 Å². The van der Waals surface area contributed by atoms with Crippen molar-refractivity contribution in [2.24, 2.45) is 5.92 Å². The first-order valence-electron chi connectivity index (χ1n) is 10.3. The minimum atomic E-state index is -0.550. The number of likely N-dealkylation sites (tertiary alicyclic amines) is 1. The SMILES string of the molecule is C=CCCCC(=O)N1C[C@@H]([C@@H](C)OC(=O)Cc2ccc(-c3ccccc3)cc2)C1=O. The lowest BCUT2D eigenvalue weighted by Gasteiger charge is -2.39. The molecule has 1 aliphatic rings. The summed E-state index contributed by atoms with van der Waals surface area (Å²) < 4.78 is 5.46. The number of esters is 1. The van der Waals surface area contributed by atoms with Crippen molar-refractivity contribution in [1.29, 1.82) is 0 Å². The highest BCUT2D eigenvalue weighted by atomic mass is 16.5. The summed E-state index contributed by atoms with van der Waals surface area (Å²) in [5.41, 5.74) is 3.05. The van der Waals surface area contributed by atoms with Crippen LogP contribution in [0.2, 0.25) is 0 Å². The third-order valence-corrected chi connectivity index (χ3v) is 5.36. The molecular weight excluding hydrogens is 378 g/mol. The molecule has 0 unspecified atom stereocenters. The molecule has 3 rings (SSSR count). The molecule has 2 atom stereocenters. The summed E-state index contributed by atoms with van der Waals surface area (Å²) in [4.78, 5) is 37.9. The maximum absolute atomic E-state index is 12.3. The minimum Gasteiger partial charge on any atom is -0.461 e. The lowest BCUT2D eigenvalue weighted by atomic mass is 9.92. The topological polar surface area (TPSA) is 63.7 Å². The van der Waals surface area contributed by atoms with Gasteiger partial charge in [0.25, 0.3) is 0 Å². The highest BCUT2D eigenvalue weighted by molar-refractivity contribution is 6.01. The summed E-state index contributed by atoms with van der Waals surface area (Å²) in [6.07, 6.45) is 3.11. The van der Waals surface area contributed by atoms with Crippen LogP contribution < -0.4 is 0 Å². The number of hydrogen-bond acceptors (Lipinski definition) is 4. The van der Waals surface area contributed by atoms with Gasteiger partial charge in [-0.05, 0) is 36.5 Å². The Kier molecular flexibility index (Phi) is 7.17. The van der Waals surface area contributed by atoms with Gasteiger partial charge < -0.3 is 4.74 Å². The van der Waals surface area contributed by atoms with Crippen molar-refractivity contribution >= 4 is 17.8 Å². The molecule has 1 aliphatic heterocycles. The fraction of sp³-hybridized carbons (Fsp3) is 0.320. The Balaban J connectivity index is 1.46. The van der Waals surface area contributed by atoms with E-state index in [1.807, 2.05) is 54.6 Å². The summed E-state index contributed by atoms with van der Waals surface area (Å²) >= 11 is 0. The van der Waals surface area contributed by atoms with Crippen LogP contribution in [0.15, 0.2) is 67.3 Å². The summed E-state index contributed by atoms with van der Waals surface area (Å²) in [6, 6.07) is 17.8. The van der Waals surface area contributed by atoms with Gasteiger partial charge in [-0.2, -0.15) is 0 Å². The quantitative estimate of drug-likeness (QED) is 0.272. The van der Waals surface area contributed by atoms with Crippen molar-refractivity contribution in [3.8, 4) is 11.1 Å². The monoisotopic (exact) mass is 405 g/mol. The molecule has 30 heavy (non-hydrogen) atoms. The van der Waals surface area contributed by atoms with Gasteiger partial charge in [-0.3, -0.25) is 19.3 Å². The van der Waals surface area contributed by atoms with Crippen molar-refractivity contribution in [2.75, 3.05) is 6.54 Å². The second-order valence-electron chi connectivity index (χ2n) is 7.56. The normalized spacial score (nSPS) is 16.5. The van der Waals surface area contributed by atoms with Crippen LogP contribution in [0.1, 0.15) is 31.7 Å². The predicted molar refractivity (Wildman–Crippen MR) is 115 cm³/mol. The zero-order valence-electron chi connectivity index (χ0n) is 17.3. The summed E-state index contributed by atoms with van der Waals surface area (Å²) in [5.74, 6) is -1.25. The molecule has 0 bridgehead atoms. The smallest absolute Gasteiger partial charge is 0.310 e. The number of imide groups is 1. The summed E-state index contributed by atoms with van der Waals surface area (Å²) in [6.45, 7) is 5.64. The van der Waals surface area contributed by atoms with E-state index >= 15 is 0 Å². The van der Waals surface area contributed by atoms with Crippen molar-refractivity contribution < 1.29 is 19.1 Å². The standard InChI is InChI=1S/C25H27NO4/c1-3-4-6-11-23(27)26-17-22(25(26)29)18(2)30-24(28)16-19-12-14-21(15-13-19)20-9-7-5-8-10-20/h3,5,7-10,12-15,18,22H,1,4,6,11,16-17H2,2H3/t18-,22+/m1/s1. The van der Waals surface area contributed by atoms with E-state index in [0.717, 1.165) is 23.1 Å². The second-order valence-corrected chi connectivity index (χ2v) is 7.56. The van der Waals surface area contributed by atoms with Crippen LogP contribution in [0, 0.1) is 5.92 Å². The molecule has 5 nitrogen and oxygen atoms in total. The molecule has 0 saturated carbocycles. The van der Waals surface area contributed by atoms with Crippen LogP contribution in [-0.4, -0.2) is 35.3 Å². The predicted octanol–water partition coefficient (Wildman–Crippen LogP) is 4.17. The van der Waals surface area contributed by atoms with Crippen LogP contribution in [-0.2, 0) is 25.5 Å². The van der Waals surface area contributed by atoms with Gasteiger partial charge in [0.15, 0.2) is 0 Å². The van der Waals surface area contributed by atoms with Gasteiger partial charge in [0.1, 0.15) is 6.10 Å². The zero-order valence-corrected chi connectivity index (χ0v) is 17.3. The number of unbranched alkanes of at least 4 members (excludes halogenated alkanes) is 1. The molecule has 0 aromatic heterocycles. The molecule has 1 fully saturated rings. The van der Waals surface area contributed by atoms with Crippen LogP contribution in [0.25, 0.3) is 11.1 Å². The first kappa shape index (κ1) is 21.5. The maximum atomic E-state index is 12.3. The van der Waals surface area contributed by atoms with Crippen LogP contribution in [0.4, 0.5) is 0 Å². The number of amides is 2. The van der Waals surface area contributed by atoms with E-state index in [-0.39, 0.29) is 24.2 Å². The highest BCUT2D eigenvalue weighted by Crippen LogP contribution is 2.25. The van der Waals surface area contributed by atoms with Crippen molar-refractivity contribution in [2.45, 2.75) is 38.7 Å². The lowest BCUT2D eigenvalue weighted by molar-refractivity contribution is -0.169. The Morgan fingerprint density at radius 2 is 1.80 bits per heavy atom. The van der Waals surface area contributed by atoms with Crippen molar-refractivity contribution in [1.82, 2.24) is 4.90 Å². The number of rotatable bonds is 9. The first-order chi connectivity index (χ1) is 14.5. The number of ether oxygens (including phenoxy) is 1. The van der Waals surface area contributed by atoms with Gasteiger partial charge in [-0.1, -0.05) is 60.7 Å². The first-order valence-corrected chi connectivity index (χ1v) is 10.3. The molecule has 1 heterocycles. The van der Waals surface area contributed by atoms with Crippen LogP contribution in [0.5, 0.6) is 0 Å². The molecule has 1 saturated heterocycles. The van der Waals surface area contributed by atoms with Crippen LogP contribution in [0.3, 0.4) is 0 Å². The Morgan fingerprint density at radius 1 is 1.13 bits per heavy atom. The molecule has 2 amide bonds. The number of allylic oxidation sites excluding steroid dienone is 1. The molecular formula is C25H27NO4. The number of benzene rings is 2. The number of β-lactam (4-membered cyclic amide) rings is 1. The molecule has 0 N–H and O–H groups in total. The fourth-order valence-corrected chi connectivity index (χ4v) is 3.50. The summed E-state index contributed by atoms with van der Waals surface area (Å²) in [7, 11) is 0. The van der Waals surface area contributed by atoms with Gasteiger partial charge in [-0.15, -0.1) is 6.58 Å². The van der Waals surface area contributed by atoms with E-state index < -0.39 is 12.0 Å². The third-order valence-electron chi connectivity index (χ3n) is 5.36. The molecule has 2 aromatic carbocycles. The van der Waals surface area contributed by atoms with Gasteiger partial charge in [0.05, 0.1) is 12.3 Å². The molecule has 0 radical (unpaired) electrons. The minimum absolute atomic E-state index is 0.143. The van der Waals surface area contributed by atoms with Gasteiger partial charge in [0, 0.05) is 13.0 Å². The van der Waals surface area contributed by atoms with E-state index in [1.165, 1.54) is 4.90 Å². The largest absolute Gasteiger partial charge is 0.461 e. The lowest BCUT2D eigenvalue weighted by Crippen LogP contribution is -2.59.